The largest absolute Gasteiger partial charge is 0.296 e. The van der Waals surface area contributed by atoms with Gasteiger partial charge in [-0.15, -0.1) is 0 Å². The smallest absolute Gasteiger partial charge is 0.277 e. The predicted molar refractivity (Wildman–Crippen MR) is 84.9 cm³/mol. The van der Waals surface area contributed by atoms with E-state index in [2.05, 4.69) is 28.4 Å². The summed E-state index contributed by atoms with van der Waals surface area (Å²) in [5, 5.41) is 7.64. The Kier molecular flexibility index (Phi) is 3.70. The Bertz CT molecular complexity index is 790. The zero-order valence-corrected chi connectivity index (χ0v) is 12.8. The van der Waals surface area contributed by atoms with E-state index in [1.807, 2.05) is 19.1 Å². The maximum atomic E-state index is 12.2. The van der Waals surface area contributed by atoms with Gasteiger partial charge < -0.3 is 0 Å². The van der Waals surface area contributed by atoms with Gasteiger partial charge >= 0.3 is 0 Å². The van der Waals surface area contributed by atoms with Crippen molar-refractivity contribution >= 4 is 32.6 Å². The normalized spacial score (nSPS) is 11.0. The summed E-state index contributed by atoms with van der Waals surface area (Å²) in [5.74, 6) is -0.223. The van der Waals surface area contributed by atoms with Crippen molar-refractivity contribution in [2.75, 3.05) is 5.32 Å². The highest BCUT2D eigenvalue weighted by atomic mass is 32.1. The van der Waals surface area contributed by atoms with Crippen molar-refractivity contribution in [2.45, 2.75) is 26.8 Å². The van der Waals surface area contributed by atoms with E-state index in [4.69, 9.17) is 0 Å². The van der Waals surface area contributed by atoms with Gasteiger partial charge in [0.15, 0.2) is 10.8 Å². The van der Waals surface area contributed by atoms with Gasteiger partial charge in [0.05, 0.1) is 10.2 Å². The molecule has 5 nitrogen and oxygen atoms in total. The molecule has 0 unspecified atom stereocenters. The van der Waals surface area contributed by atoms with Gasteiger partial charge in [-0.2, -0.15) is 5.10 Å². The van der Waals surface area contributed by atoms with E-state index in [1.54, 1.807) is 16.9 Å². The molecule has 0 saturated heterocycles. The zero-order valence-electron chi connectivity index (χ0n) is 12.0. The number of hydrogen-bond donors (Lipinski definition) is 1. The molecule has 0 atom stereocenters. The van der Waals surface area contributed by atoms with Crippen molar-refractivity contribution in [1.29, 1.82) is 0 Å². The second-order valence-corrected chi connectivity index (χ2v) is 5.68. The van der Waals surface area contributed by atoms with Crippen LogP contribution in [0.1, 0.15) is 29.9 Å². The van der Waals surface area contributed by atoms with E-state index < -0.39 is 0 Å². The first-order valence-corrected chi connectivity index (χ1v) is 7.76. The molecule has 0 spiro atoms. The Morgan fingerprint density at radius 3 is 2.90 bits per heavy atom. The quantitative estimate of drug-likeness (QED) is 0.804. The lowest BCUT2D eigenvalue weighted by molar-refractivity contribution is 0.102. The number of carbonyl (C=O) groups excluding carboxylic acids is 1. The molecule has 0 aliphatic rings. The lowest BCUT2D eigenvalue weighted by atomic mass is 10.1. The molecule has 0 fully saturated rings. The lowest BCUT2D eigenvalue weighted by Gasteiger charge is -1.98. The number of para-hydroxylation sites is 1. The molecule has 0 radical (unpaired) electrons. The third-order valence-corrected chi connectivity index (χ3v) is 4.24. The molecule has 1 aromatic carbocycles. The van der Waals surface area contributed by atoms with Gasteiger partial charge in [0, 0.05) is 12.7 Å². The van der Waals surface area contributed by atoms with Crippen LogP contribution in [0.3, 0.4) is 0 Å². The van der Waals surface area contributed by atoms with Gasteiger partial charge in [-0.3, -0.25) is 14.8 Å². The van der Waals surface area contributed by atoms with Crippen molar-refractivity contribution < 1.29 is 4.79 Å². The first kappa shape index (κ1) is 13.8. The molecule has 108 valence electrons. The third kappa shape index (κ3) is 2.67. The van der Waals surface area contributed by atoms with Crippen molar-refractivity contribution in [3.8, 4) is 0 Å². The first-order chi connectivity index (χ1) is 10.2. The van der Waals surface area contributed by atoms with E-state index in [9.17, 15) is 4.79 Å². The summed E-state index contributed by atoms with van der Waals surface area (Å²) in [5.41, 5.74) is 2.57. The highest BCUT2D eigenvalue weighted by Gasteiger charge is 2.13. The molecule has 0 bridgehead atoms. The second-order valence-electron chi connectivity index (χ2n) is 4.65. The molecule has 0 saturated carbocycles. The standard InChI is InChI=1S/C15H16N4OS/c1-3-10-6-5-7-12-13(10)16-15(21-12)17-14(20)11-8-9-19(4-2)18-11/h5-9H,3-4H2,1-2H3,(H,16,17,20). The summed E-state index contributed by atoms with van der Waals surface area (Å²) in [6.45, 7) is 4.83. The fraction of sp³-hybridized carbons (Fsp3) is 0.267. The van der Waals surface area contributed by atoms with Crippen LogP contribution in [0.5, 0.6) is 0 Å². The molecule has 0 aliphatic carbocycles. The third-order valence-electron chi connectivity index (χ3n) is 3.30. The second kappa shape index (κ2) is 5.65. The summed E-state index contributed by atoms with van der Waals surface area (Å²) >= 11 is 1.48. The maximum Gasteiger partial charge on any atom is 0.277 e. The number of hydrogen-bond acceptors (Lipinski definition) is 4. The number of aryl methyl sites for hydroxylation is 2. The average Bonchev–Trinajstić information content (AvgIpc) is 3.12. The minimum Gasteiger partial charge on any atom is -0.296 e. The maximum absolute atomic E-state index is 12.2. The number of nitrogens with zero attached hydrogens (tertiary/aromatic N) is 3. The average molecular weight is 300 g/mol. The number of thiazole rings is 1. The predicted octanol–water partition coefficient (Wildman–Crippen LogP) is 3.33. The van der Waals surface area contributed by atoms with E-state index in [1.165, 1.54) is 16.9 Å². The summed E-state index contributed by atoms with van der Waals surface area (Å²) in [4.78, 5) is 16.7. The van der Waals surface area contributed by atoms with Crippen LogP contribution >= 0.6 is 11.3 Å². The van der Waals surface area contributed by atoms with Crippen LogP contribution in [0.15, 0.2) is 30.5 Å². The Morgan fingerprint density at radius 1 is 1.33 bits per heavy atom. The number of nitrogens with one attached hydrogen (secondary N) is 1. The Balaban J connectivity index is 1.86. The van der Waals surface area contributed by atoms with Crippen LogP contribution < -0.4 is 5.32 Å². The van der Waals surface area contributed by atoms with Gasteiger partial charge in [-0.05, 0) is 31.0 Å². The number of carbonyl (C=O) groups is 1. The molecular weight excluding hydrogens is 284 g/mol. The van der Waals surface area contributed by atoms with E-state index in [-0.39, 0.29) is 5.91 Å². The van der Waals surface area contributed by atoms with Crippen molar-refractivity contribution in [2.24, 2.45) is 0 Å². The number of fused-ring (bicyclic) bond motifs is 1. The Labute approximate surface area is 126 Å². The summed E-state index contributed by atoms with van der Waals surface area (Å²) < 4.78 is 2.81. The molecule has 3 aromatic rings. The molecule has 21 heavy (non-hydrogen) atoms. The number of rotatable bonds is 4. The fourth-order valence-electron chi connectivity index (χ4n) is 2.16. The Hall–Kier alpha value is -2.21. The van der Waals surface area contributed by atoms with Crippen LogP contribution in [0.4, 0.5) is 5.13 Å². The van der Waals surface area contributed by atoms with E-state index in [0.717, 1.165) is 23.2 Å². The summed E-state index contributed by atoms with van der Waals surface area (Å²) in [7, 11) is 0. The van der Waals surface area contributed by atoms with Crippen molar-refractivity contribution in [1.82, 2.24) is 14.8 Å². The van der Waals surface area contributed by atoms with Gasteiger partial charge in [-0.1, -0.05) is 30.4 Å². The highest BCUT2D eigenvalue weighted by Crippen LogP contribution is 2.28. The number of amides is 1. The minimum atomic E-state index is -0.223. The van der Waals surface area contributed by atoms with Gasteiger partial charge in [0.1, 0.15) is 0 Å². The van der Waals surface area contributed by atoms with Gasteiger partial charge in [-0.25, -0.2) is 4.98 Å². The molecule has 1 N–H and O–H groups in total. The lowest BCUT2D eigenvalue weighted by Crippen LogP contribution is -2.13. The van der Waals surface area contributed by atoms with E-state index in [0.29, 0.717) is 10.8 Å². The minimum absolute atomic E-state index is 0.223. The monoisotopic (exact) mass is 300 g/mol. The molecule has 2 heterocycles. The molecule has 0 aliphatic heterocycles. The van der Waals surface area contributed by atoms with Crippen molar-refractivity contribution in [3.63, 3.8) is 0 Å². The van der Waals surface area contributed by atoms with E-state index >= 15 is 0 Å². The SMILES string of the molecule is CCc1cccc2sc(NC(=O)c3ccn(CC)n3)nc12. The van der Waals surface area contributed by atoms with Gasteiger partial charge in [0.2, 0.25) is 0 Å². The molecule has 3 rings (SSSR count). The van der Waals surface area contributed by atoms with Crippen molar-refractivity contribution in [3.05, 3.63) is 41.7 Å². The summed E-state index contributed by atoms with van der Waals surface area (Å²) in [6.07, 6.45) is 2.72. The van der Waals surface area contributed by atoms with Crippen LogP contribution in [0.25, 0.3) is 10.2 Å². The van der Waals surface area contributed by atoms with Crippen LogP contribution in [0.2, 0.25) is 0 Å². The van der Waals surface area contributed by atoms with Gasteiger partial charge in [0.25, 0.3) is 5.91 Å². The topological polar surface area (TPSA) is 59.8 Å². The number of benzene rings is 1. The number of aromatic nitrogens is 3. The summed E-state index contributed by atoms with van der Waals surface area (Å²) in [6, 6.07) is 7.82. The number of anilines is 1. The van der Waals surface area contributed by atoms with Crippen LogP contribution in [-0.4, -0.2) is 20.7 Å². The molecule has 1 amide bonds. The Morgan fingerprint density at radius 2 is 2.19 bits per heavy atom. The highest BCUT2D eigenvalue weighted by molar-refractivity contribution is 7.22. The molecular formula is C15H16N4OS. The fourth-order valence-corrected chi connectivity index (χ4v) is 3.07. The first-order valence-electron chi connectivity index (χ1n) is 6.94. The molecule has 2 aromatic heterocycles. The molecule has 6 heteroatoms. The van der Waals surface area contributed by atoms with Crippen LogP contribution in [-0.2, 0) is 13.0 Å². The van der Waals surface area contributed by atoms with Crippen LogP contribution in [0, 0.1) is 0 Å². The zero-order chi connectivity index (χ0) is 14.8.